The van der Waals surface area contributed by atoms with Gasteiger partial charge in [0.2, 0.25) is 5.78 Å². The molecule has 1 rings (SSSR count). The third-order valence-corrected chi connectivity index (χ3v) is 1.73. The molecule has 0 saturated carbocycles. The van der Waals surface area contributed by atoms with Gasteiger partial charge in [-0.2, -0.15) is 0 Å². The van der Waals surface area contributed by atoms with Crippen LogP contribution in [0.4, 0.5) is 0 Å². The van der Waals surface area contributed by atoms with Crippen LogP contribution in [-0.4, -0.2) is 17.2 Å². The van der Waals surface area contributed by atoms with Gasteiger partial charge in [-0.3, -0.25) is 4.79 Å². The van der Waals surface area contributed by atoms with E-state index in [0.717, 1.165) is 12.8 Å². The molecular weight excluding hydrogens is 144 g/mol. The first-order valence-electron chi connectivity index (χ1n) is 3.79. The Hall–Kier alpha value is -0.830. The van der Waals surface area contributed by atoms with E-state index >= 15 is 0 Å². The van der Waals surface area contributed by atoms with Crippen molar-refractivity contribution in [1.82, 2.24) is 0 Å². The molecule has 0 spiro atoms. The maximum absolute atomic E-state index is 11.1. The number of hydrogen-bond donors (Lipinski definition) is 1. The second-order valence-electron chi connectivity index (χ2n) is 2.61. The van der Waals surface area contributed by atoms with Gasteiger partial charge in [-0.25, -0.2) is 0 Å². The van der Waals surface area contributed by atoms with E-state index < -0.39 is 6.29 Å². The van der Waals surface area contributed by atoms with Gasteiger partial charge in [0, 0.05) is 5.92 Å². The Bertz CT molecular complexity index is 174. The summed E-state index contributed by atoms with van der Waals surface area (Å²) < 4.78 is 4.59. The van der Waals surface area contributed by atoms with E-state index in [1.165, 1.54) is 6.26 Å². The van der Waals surface area contributed by atoms with Gasteiger partial charge >= 0.3 is 0 Å². The molecule has 1 aliphatic rings. The van der Waals surface area contributed by atoms with E-state index in [1.807, 2.05) is 6.92 Å². The minimum absolute atomic E-state index is 0.149. The number of hydrogen-bond acceptors (Lipinski definition) is 3. The number of carbonyl (C=O) groups excluding carboxylic acids is 1. The third kappa shape index (κ3) is 1.80. The normalized spacial score (nSPS) is 30.2. The van der Waals surface area contributed by atoms with Crippen molar-refractivity contribution in [3.8, 4) is 0 Å². The van der Waals surface area contributed by atoms with Crippen molar-refractivity contribution in [2.75, 3.05) is 0 Å². The molecule has 0 aromatic rings. The minimum Gasteiger partial charge on any atom is -0.465 e. The lowest BCUT2D eigenvalue weighted by atomic mass is 9.97. The summed E-state index contributed by atoms with van der Waals surface area (Å²) in [5, 5.41) is 8.95. The van der Waals surface area contributed by atoms with Crippen molar-refractivity contribution in [3.63, 3.8) is 0 Å². The van der Waals surface area contributed by atoms with Crippen LogP contribution in [0.5, 0.6) is 0 Å². The topological polar surface area (TPSA) is 46.5 Å². The Labute approximate surface area is 65.7 Å². The number of ketones is 1. The average Bonchev–Trinajstić information content (AvgIpc) is 1.99. The third-order valence-electron chi connectivity index (χ3n) is 1.73. The Morgan fingerprint density at radius 1 is 1.73 bits per heavy atom. The summed E-state index contributed by atoms with van der Waals surface area (Å²) in [4.78, 5) is 11.1. The van der Waals surface area contributed by atoms with Crippen LogP contribution in [-0.2, 0) is 9.53 Å². The molecular formula is C8H12O3. The smallest absolute Gasteiger partial charge is 0.257 e. The Morgan fingerprint density at radius 3 is 3.09 bits per heavy atom. The van der Waals surface area contributed by atoms with E-state index in [9.17, 15) is 4.79 Å². The fourth-order valence-electron chi connectivity index (χ4n) is 1.11. The van der Waals surface area contributed by atoms with Crippen molar-refractivity contribution in [3.05, 3.63) is 12.3 Å². The molecule has 0 fully saturated rings. The number of carbonyl (C=O) groups is 1. The lowest BCUT2D eigenvalue weighted by Crippen LogP contribution is -2.31. The number of aliphatic hydroxyl groups is 1. The highest BCUT2D eigenvalue weighted by atomic mass is 16.6. The van der Waals surface area contributed by atoms with Gasteiger partial charge in [0.05, 0.1) is 6.26 Å². The highest BCUT2D eigenvalue weighted by Crippen LogP contribution is 2.16. The molecule has 0 aliphatic carbocycles. The quantitative estimate of drug-likeness (QED) is 0.644. The summed E-state index contributed by atoms with van der Waals surface area (Å²) in [7, 11) is 0. The predicted molar refractivity (Wildman–Crippen MR) is 39.6 cm³/mol. The molecule has 1 heterocycles. The summed E-state index contributed by atoms with van der Waals surface area (Å²) in [6, 6.07) is 0. The van der Waals surface area contributed by atoms with Crippen LogP contribution < -0.4 is 0 Å². The van der Waals surface area contributed by atoms with Crippen molar-refractivity contribution in [1.29, 1.82) is 0 Å². The molecule has 11 heavy (non-hydrogen) atoms. The Morgan fingerprint density at radius 2 is 2.45 bits per heavy atom. The molecule has 0 aromatic heterocycles. The highest BCUT2D eigenvalue weighted by molar-refractivity contribution is 5.86. The number of allylic oxidation sites excluding steroid dienone is 1. The fraction of sp³-hybridized carbons (Fsp3) is 0.625. The maximum atomic E-state index is 11.1. The fourth-order valence-corrected chi connectivity index (χ4v) is 1.11. The summed E-state index contributed by atoms with van der Waals surface area (Å²) in [6.07, 6.45) is 3.57. The van der Waals surface area contributed by atoms with Gasteiger partial charge in [0.25, 0.3) is 6.29 Å². The second kappa shape index (κ2) is 3.53. The molecule has 1 N–H and O–H groups in total. The van der Waals surface area contributed by atoms with E-state index in [4.69, 9.17) is 5.11 Å². The molecule has 0 bridgehead atoms. The first kappa shape index (κ1) is 8.27. The lowest BCUT2D eigenvalue weighted by Gasteiger charge is -2.19. The van der Waals surface area contributed by atoms with Crippen LogP contribution in [0.15, 0.2) is 12.3 Å². The highest BCUT2D eigenvalue weighted by Gasteiger charge is 2.26. The van der Waals surface area contributed by atoms with Crippen molar-refractivity contribution < 1.29 is 14.6 Å². The minimum atomic E-state index is -1.24. The van der Waals surface area contributed by atoms with Crippen LogP contribution in [0.1, 0.15) is 19.8 Å². The predicted octanol–water partition coefficient (Wildman–Crippen LogP) is 0.834. The first-order chi connectivity index (χ1) is 5.25. The van der Waals surface area contributed by atoms with E-state index in [-0.39, 0.29) is 11.7 Å². The zero-order valence-corrected chi connectivity index (χ0v) is 6.49. The SMILES string of the molecule is CCCC1C=COC(O)C1=O. The summed E-state index contributed by atoms with van der Waals surface area (Å²) in [6.45, 7) is 2.00. The van der Waals surface area contributed by atoms with Crippen LogP contribution in [0.3, 0.4) is 0 Å². The summed E-state index contributed by atoms with van der Waals surface area (Å²) >= 11 is 0. The van der Waals surface area contributed by atoms with E-state index in [2.05, 4.69) is 4.74 Å². The van der Waals surface area contributed by atoms with Crippen LogP contribution in [0, 0.1) is 5.92 Å². The molecule has 3 nitrogen and oxygen atoms in total. The monoisotopic (exact) mass is 156 g/mol. The Kier molecular flexibility index (Phi) is 2.65. The molecule has 1 aliphatic heterocycles. The molecule has 0 saturated heterocycles. The van der Waals surface area contributed by atoms with Gasteiger partial charge in [-0.15, -0.1) is 0 Å². The summed E-state index contributed by atoms with van der Waals surface area (Å²) in [5.74, 6) is -0.377. The van der Waals surface area contributed by atoms with Gasteiger partial charge in [-0.05, 0) is 12.5 Å². The average molecular weight is 156 g/mol. The standard InChI is InChI=1S/C8H12O3/c1-2-3-6-4-5-11-8(10)7(6)9/h4-6,8,10H,2-3H2,1H3. The summed E-state index contributed by atoms with van der Waals surface area (Å²) in [5.41, 5.74) is 0. The second-order valence-corrected chi connectivity index (χ2v) is 2.61. The molecule has 0 radical (unpaired) electrons. The van der Waals surface area contributed by atoms with Crippen LogP contribution in [0.25, 0.3) is 0 Å². The number of rotatable bonds is 2. The maximum Gasteiger partial charge on any atom is 0.257 e. The number of aliphatic hydroxyl groups excluding tert-OH is 1. The van der Waals surface area contributed by atoms with Gasteiger partial charge in [0.15, 0.2) is 0 Å². The van der Waals surface area contributed by atoms with Crippen molar-refractivity contribution >= 4 is 5.78 Å². The lowest BCUT2D eigenvalue weighted by molar-refractivity contribution is -0.152. The Balaban J connectivity index is 2.57. The molecule has 0 amide bonds. The van der Waals surface area contributed by atoms with Gasteiger partial charge < -0.3 is 9.84 Å². The zero-order chi connectivity index (χ0) is 8.27. The molecule has 3 heteroatoms. The molecule has 2 atom stereocenters. The van der Waals surface area contributed by atoms with Crippen LogP contribution >= 0.6 is 0 Å². The van der Waals surface area contributed by atoms with E-state index in [0.29, 0.717) is 0 Å². The van der Waals surface area contributed by atoms with Crippen LogP contribution in [0.2, 0.25) is 0 Å². The number of ether oxygens (including phenoxy) is 1. The largest absolute Gasteiger partial charge is 0.465 e. The first-order valence-corrected chi connectivity index (χ1v) is 3.79. The molecule has 2 unspecified atom stereocenters. The molecule has 0 aromatic carbocycles. The number of Topliss-reactive ketones (excluding diaryl/α,β-unsaturated/α-hetero) is 1. The van der Waals surface area contributed by atoms with Gasteiger partial charge in [-0.1, -0.05) is 13.3 Å². The zero-order valence-electron chi connectivity index (χ0n) is 6.49. The van der Waals surface area contributed by atoms with Gasteiger partial charge in [0.1, 0.15) is 0 Å². The van der Waals surface area contributed by atoms with Crippen molar-refractivity contribution in [2.24, 2.45) is 5.92 Å². The van der Waals surface area contributed by atoms with E-state index in [1.54, 1.807) is 6.08 Å². The molecule has 62 valence electrons. The van der Waals surface area contributed by atoms with Crippen molar-refractivity contribution in [2.45, 2.75) is 26.1 Å².